The van der Waals surface area contributed by atoms with E-state index in [4.69, 9.17) is 0 Å². The summed E-state index contributed by atoms with van der Waals surface area (Å²) in [7, 11) is 1.88. The van der Waals surface area contributed by atoms with Gasteiger partial charge in [0.25, 0.3) is 0 Å². The second-order valence-electron chi connectivity index (χ2n) is 3.13. The fourth-order valence-electron chi connectivity index (χ4n) is 1.23. The first-order valence-corrected chi connectivity index (χ1v) is 5.97. The number of rotatable bonds is 5. The predicted molar refractivity (Wildman–Crippen MR) is 61.4 cm³/mol. The Labute approximate surface area is 93.9 Å². The number of likely N-dealkylation sites (N-methyl/N-ethyl adjacent to an activating group) is 1. The Balaban J connectivity index is 2.99. The highest BCUT2D eigenvalue weighted by atomic mass is 32.2. The predicted octanol–water partition coefficient (Wildman–Crippen LogP) is 1.16. The lowest BCUT2D eigenvalue weighted by Gasteiger charge is -2.06. The molecule has 0 atom stereocenters. The third-order valence-electron chi connectivity index (χ3n) is 2.02. The maximum absolute atomic E-state index is 11.3. The molecular formula is C10H15N3OS. The summed E-state index contributed by atoms with van der Waals surface area (Å²) in [4.78, 5) is 19.8. The molecule has 0 bridgehead atoms. The Kier molecular flexibility index (Phi) is 4.71. The molecule has 4 nitrogen and oxygen atoms in total. The normalized spacial score (nSPS) is 10.3. The molecule has 0 radical (unpaired) electrons. The van der Waals surface area contributed by atoms with E-state index in [2.05, 4.69) is 15.3 Å². The molecule has 1 aromatic rings. The maximum Gasteiger partial charge on any atom is 0.187 e. The van der Waals surface area contributed by atoms with E-state index in [1.54, 1.807) is 13.1 Å². The van der Waals surface area contributed by atoms with Crippen molar-refractivity contribution < 1.29 is 4.79 Å². The number of nitrogens with zero attached hydrogens (tertiary/aromatic N) is 2. The van der Waals surface area contributed by atoms with E-state index >= 15 is 0 Å². The van der Waals surface area contributed by atoms with E-state index < -0.39 is 0 Å². The first-order chi connectivity index (χ1) is 7.19. The van der Waals surface area contributed by atoms with Gasteiger partial charge < -0.3 is 5.32 Å². The van der Waals surface area contributed by atoms with Crippen LogP contribution in [0.2, 0.25) is 0 Å². The van der Waals surface area contributed by atoms with E-state index in [0.717, 1.165) is 18.7 Å². The summed E-state index contributed by atoms with van der Waals surface area (Å²) in [5.41, 5.74) is 1.46. The third-order valence-corrected chi connectivity index (χ3v) is 2.58. The summed E-state index contributed by atoms with van der Waals surface area (Å²) in [6.45, 7) is 2.35. The van der Waals surface area contributed by atoms with E-state index in [-0.39, 0.29) is 5.78 Å². The average molecular weight is 225 g/mol. The van der Waals surface area contributed by atoms with Crippen LogP contribution in [0.3, 0.4) is 0 Å². The fourth-order valence-corrected chi connectivity index (χ4v) is 1.58. The van der Waals surface area contributed by atoms with Crippen LogP contribution in [0.4, 0.5) is 0 Å². The van der Waals surface area contributed by atoms with Crippen molar-refractivity contribution in [2.45, 2.75) is 18.5 Å². The van der Waals surface area contributed by atoms with E-state index in [1.165, 1.54) is 11.8 Å². The fraction of sp³-hybridized carbons (Fsp3) is 0.500. The van der Waals surface area contributed by atoms with Crippen molar-refractivity contribution in [3.8, 4) is 0 Å². The van der Waals surface area contributed by atoms with Gasteiger partial charge in [-0.25, -0.2) is 9.97 Å². The Morgan fingerprint density at radius 2 is 2.33 bits per heavy atom. The Hall–Kier alpha value is -0.940. The summed E-state index contributed by atoms with van der Waals surface area (Å²) < 4.78 is 0. The Morgan fingerprint density at radius 3 is 2.87 bits per heavy atom. The van der Waals surface area contributed by atoms with Crippen molar-refractivity contribution in [2.24, 2.45) is 0 Å². The highest BCUT2D eigenvalue weighted by Crippen LogP contribution is 2.12. The second-order valence-corrected chi connectivity index (χ2v) is 3.90. The van der Waals surface area contributed by atoms with Crippen LogP contribution >= 0.6 is 11.8 Å². The molecule has 0 unspecified atom stereocenters. The van der Waals surface area contributed by atoms with Gasteiger partial charge in [0, 0.05) is 19.2 Å². The van der Waals surface area contributed by atoms with Gasteiger partial charge in [-0.2, -0.15) is 0 Å². The summed E-state index contributed by atoms with van der Waals surface area (Å²) in [5.74, 6) is 0.0220. The van der Waals surface area contributed by atoms with Crippen molar-refractivity contribution in [3.05, 3.63) is 17.5 Å². The molecule has 1 rings (SSSR count). The van der Waals surface area contributed by atoms with Gasteiger partial charge in [0.1, 0.15) is 0 Å². The van der Waals surface area contributed by atoms with Gasteiger partial charge in [-0.05, 0) is 20.2 Å². The van der Waals surface area contributed by atoms with Crippen LogP contribution in [0.25, 0.3) is 0 Å². The zero-order chi connectivity index (χ0) is 11.3. The number of Topliss-reactive ketones (excluding diaryl/α,β-unsaturated/α-hetero) is 1. The van der Waals surface area contributed by atoms with Crippen LogP contribution < -0.4 is 5.32 Å². The third kappa shape index (κ3) is 3.28. The van der Waals surface area contributed by atoms with Gasteiger partial charge in [-0.15, -0.1) is 0 Å². The van der Waals surface area contributed by atoms with Crippen LogP contribution in [-0.4, -0.2) is 35.6 Å². The maximum atomic E-state index is 11.3. The van der Waals surface area contributed by atoms with E-state index in [9.17, 15) is 4.79 Å². The lowest BCUT2D eigenvalue weighted by atomic mass is 10.1. The van der Waals surface area contributed by atoms with Gasteiger partial charge in [0.05, 0.1) is 11.3 Å². The van der Waals surface area contributed by atoms with Gasteiger partial charge in [-0.1, -0.05) is 11.8 Å². The molecule has 15 heavy (non-hydrogen) atoms. The summed E-state index contributed by atoms with van der Waals surface area (Å²) in [6.07, 6.45) is 4.29. The molecule has 5 heteroatoms. The Morgan fingerprint density at radius 1 is 1.60 bits per heavy atom. The summed E-state index contributed by atoms with van der Waals surface area (Å²) in [5, 5.41) is 3.76. The SMILES string of the molecule is CNCCc1nc(SC)ncc1C(C)=O. The Bertz CT molecular complexity index is 355. The topological polar surface area (TPSA) is 54.9 Å². The number of thioether (sulfide) groups is 1. The lowest BCUT2D eigenvalue weighted by Crippen LogP contribution is -2.14. The number of carbonyl (C=O) groups is 1. The lowest BCUT2D eigenvalue weighted by molar-refractivity contribution is 0.101. The standard InChI is InChI=1S/C10H15N3OS/c1-7(14)8-6-12-10(15-3)13-9(8)4-5-11-2/h6,11H,4-5H2,1-3H3. The second kappa shape index (κ2) is 5.82. The number of hydrogen-bond acceptors (Lipinski definition) is 5. The van der Waals surface area contributed by atoms with Crippen molar-refractivity contribution >= 4 is 17.5 Å². The molecule has 0 fully saturated rings. The van der Waals surface area contributed by atoms with E-state index in [0.29, 0.717) is 10.7 Å². The molecule has 0 aromatic carbocycles. The van der Waals surface area contributed by atoms with Crippen molar-refractivity contribution in [1.82, 2.24) is 15.3 Å². The molecule has 1 heterocycles. The molecule has 1 aromatic heterocycles. The minimum atomic E-state index is 0.0220. The van der Waals surface area contributed by atoms with Crippen molar-refractivity contribution in [1.29, 1.82) is 0 Å². The number of carbonyl (C=O) groups excluding carboxylic acids is 1. The van der Waals surface area contributed by atoms with Crippen LogP contribution in [0.1, 0.15) is 23.0 Å². The number of ketones is 1. The van der Waals surface area contributed by atoms with Crippen molar-refractivity contribution in [3.63, 3.8) is 0 Å². The molecule has 0 aliphatic carbocycles. The molecular weight excluding hydrogens is 210 g/mol. The first-order valence-electron chi connectivity index (χ1n) is 4.74. The molecule has 0 saturated heterocycles. The minimum absolute atomic E-state index is 0.0220. The van der Waals surface area contributed by atoms with Gasteiger partial charge >= 0.3 is 0 Å². The average Bonchev–Trinajstić information content (AvgIpc) is 2.25. The zero-order valence-corrected chi connectivity index (χ0v) is 10.0. The van der Waals surface area contributed by atoms with Crippen LogP contribution in [0.5, 0.6) is 0 Å². The molecule has 0 aliphatic heterocycles. The molecule has 0 saturated carbocycles. The molecule has 1 N–H and O–H groups in total. The van der Waals surface area contributed by atoms with Crippen molar-refractivity contribution in [2.75, 3.05) is 19.8 Å². The van der Waals surface area contributed by atoms with Crippen LogP contribution in [0.15, 0.2) is 11.4 Å². The molecule has 82 valence electrons. The monoisotopic (exact) mass is 225 g/mol. The molecule has 0 spiro atoms. The smallest absolute Gasteiger partial charge is 0.187 e. The molecule has 0 amide bonds. The highest BCUT2D eigenvalue weighted by Gasteiger charge is 2.10. The summed E-state index contributed by atoms with van der Waals surface area (Å²) >= 11 is 1.48. The largest absolute Gasteiger partial charge is 0.319 e. The van der Waals surface area contributed by atoms with Gasteiger partial charge in [-0.3, -0.25) is 4.79 Å². The van der Waals surface area contributed by atoms with Gasteiger partial charge in [0.2, 0.25) is 0 Å². The first kappa shape index (κ1) is 12.1. The van der Waals surface area contributed by atoms with E-state index in [1.807, 2.05) is 13.3 Å². The quantitative estimate of drug-likeness (QED) is 0.463. The van der Waals surface area contributed by atoms with Crippen LogP contribution in [0, 0.1) is 0 Å². The number of aromatic nitrogens is 2. The number of hydrogen-bond donors (Lipinski definition) is 1. The highest BCUT2D eigenvalue weighted by molar-refractivity contribution is 7.98. The van der Waals surface area contributed by atoms with Gasteiger partial charge in [0.15, 0.2) is 10.9 Å². The summed E-state index contributed by atoms with van der Waals surface area (Å²) in [6, 6.07) is 0. The minimum Gasteiger partial charge on any atom is -0.319 e. The molecule has 0 aliphatic rings. The number of nitrogens with one attached hydrogen (secondary N) is 1. The zero-order valence-electron chi connectivity index (χ0n) is 9.20. The van der Waals surface area contributed by atoms with Crippen LogP contribution in [-0.2, 0) is 6.42 Å².